The van der Waals surface area contributed by atoms with Crippen LogP contribution in [0.3, 0.4) is 0 Å². The number of ketones is 1. The second-order valence-corrected chi connectivity index (χ2v) is 3.12. The molecule has 1 unspecified atom stereocenters. The zero-order valence-electron chi connectivity index (χ0n) is 6.18. The Morgan fingerprint density at radius 1 is 1.44 bits per heavy atom. The maximum absolute atomic E-state index is 11.0. The van der Waals surface area contributed by atoms with E-state index in [0.29, 0.717) is 17.6 Å². The second kappa shape index (κ2) is 2.51. The first kappa shape index (κ1) is 6.79. The summed E-state index contributed by atoms with van der Waals surface area (Å²) in [5, 5.41) is 0. The molecule has 0 bridgehead atoms. The third-order valence-corrected chi connectivity index (χ3v) is 2.44. The summed E-state index contributed by atoms with van der Waals surface area (Å²) in [6.07, 6.45) is 3.18. The minimum absolute atomic E-state index is 0.332. The normalized spacial score (nSPS) is 36.9. The maximum Gasteiger partial charge on any atom is 0.135 e. The Hall–Kier alpha value is -0.330. The van der Waals surface area contributed by atoms with Gasteiger partial charge in [-0.05, 0) is 18.8 Å². The molecule has 0 amide bonds. The van der Waals surface area contributed by atoms with Crippen molar-refractivity contribution in [1.29, 1.82) is 0 Å². The largest absolute Gasteiger partial charge is 0.299 e. The van der Waals surface area contributed by atoms with Crippen LogP contribution in [0.25, 0.3) is 0 Å². The molecule has 1 aliphatic carbocycles. The van der Waals surface area contributed by atoms with Gasteiger partial charge in [-0.3, -0.25) is 4.79 Å². The van der Waals surface area contributed by atoms with Crippen LogP contribution >= 0.6 is 0 Å². The molecule has 1 rings (SSSR count). The van der Waals surface area contributed by atoms with Crippen molar-refractivity contribution in [2.24, 2.45) is 11.8 Å². The lowest BCUT2D eigenvalue weighted by molar-refractivity contribution is -0.125. The molecule has 1 saturated carbocycles. The van der Waals surface area contributed by atoms with Crippen molar-refractivity contribution in [2.45, 2.75) is 33.1 Å². The van der Waals surface area contributed by atoms with E-state index in [1.807, 2.05) is 6.92 Å². The third-order valence-electron chi connectivity index (χ3n) is 2.44. The van der Waals surface area contributed by atoms with Crippen molar-refractivity contribution < 1.29 is 4.79 Å². The predicted molar refractivity (Wildman–Crippen MR) is 37.2 cm³/mol. The number of rotatable bonds is 0. The zero-order valence-corrected chi connectivity index (χ0v) is 6.18. The zero-order chi connectivity index (χ0) is 6.85. The van der Waals surface area contributed by atoms with E-state index in [1.54, 1.807) is 0 Å². The molecule has 2 atom stereocenters. The molecule has 0 aliphatic heterocycles. The van der Waals surface area contributed by atoms with Crippen molar-refractivity contribution in [3.8, 4) is 0 Å². The second-order valence-electron chi connectivity index (χ2n) is 3.12. The monoisotopic (exact) mass is 126 g/mol. The fourth-order valence-corrected chi connectivity index (χ4v) is 1.39. The van der Waals surface area contributed by atoms with Crippen LogP contribution in [0.1, 0.15) is 33.1 Å². The smallest absolute Gasteiger partial charge is 0.135 e. The molecule has 0 spiro atoms. The van der Waals surface area contributed by atoms with Crippen molar-refractivity contribution in [2.75, 3.05) is 0 Å². The number of carbonyl (C=O) groups excluding carboxylic acids is 1. The number of Topliss-reactive ketones (excluding diaryl/α,β-unsaturated/α-hetero) is 1. The third kappa shape index (κ3) is 1.32. The topological polar surface area (TPSA) is 17.1 Å². The van der Waals surface area contributed by atoms with E-state index in [1.165, 1.54) is 6.42 Å². The van der Waals surface area contributed by atoms with Crippen LogP contribution in [-0.4, -0.2) is 5.78 Å². The van der Waals surface area contributed by atoms with Gasteiger partial charge in [-0.25, -0.2) is 0 Å². The highest BCUT2D eigenvalue weighted by Gasteiger charge is 2.23. The molecule has 0 aromatic carbocycles. The van der Waals surface area contributed by atoms with Gasteiger partial charge in [0.25, 0.3) is 0 Å². The summed E-state index contributed by atoms with van der Waals surface area (Å²) in [7, 11) is 0. The van der Waals surface area contributed by atoms with Gasteiger partial charge < -0.3 is 0 Å². The molecule has 1 fully saturated rings. The molecule has 0 N–H and O–H groups in total. The van der Waals surface area contributed by atoms with Crippen LogP contribution in [0, 0.1) is 11.8 Å². The molecule has 1 heteroatoms. The Balaban J connectivity index is 2.51. The number of hydrogen-bond donors (Lipinski definition) is 0. The van der Waals surface area contributed by atoms with E-state index in [9.17, 15) is 4.79 Å². The summed E-state index contributed by atoms with van der Waals surface area (Å²) in [4.78, 5) is 11.0. The highest BCUT2D eigenvalue weighted by molar-refractivity contribution is 5.81. The van der Waals surface area contributed by atoms with Crippen molar-refractivity contribution in [1.82, 2.24) is 0 Å². The van der Waals surface area contributed by atoms with Crippen LogP contribution in [-0.2, 0) is 4.79 Å². The van der Waals surface area contributed by atoms with Crippen LogP contribution < -0.4 is 0 Å². The minimum Gasteiger partial charge on any atom is -0.299 e. The SMILES string of the molecule is CC1CCCC(=O)[C@@H]1C. The molecule has 52 valence electrons. The van der Waals surface area contributed by atoms with Crippen LogP contribution in [0.2, 0.25) is 0 Å². The molecule has 0 aromatic rings. The van der Waals surface area contributed by atoms with Gasteiger partial charge in [-0.2, -0.15) is 0 Å². The predicted octanol–water partition coefficient (Wildman–Crippen LogP) is 2.01. The lowest BCUT2D eigenvalue weighted by Gasteiger charge is -2.23. The quantitative estimate of drug-likeness (QED) is 0.485. The lowest BCUT2D eigenvalue weighted by Crippen LogP contribution is -2.23. The molecule has 9 heavy (non-hydrogen) atoms. The highest BCUT2D eigenvalue weighted by Crippen LogP contribution is 2.25. The van der Waals surface area contributed by atoms with Gasteiger partial charge in [0.2, 0.25) is 0 Å². The van der Waals surface area contributed by atoms with E-state index < -0.39 is 0 Å². The summed E-state index contributed by atoms with van der Waals surface area (Å²) in [5.41, 5.74) is 0. The first-order valence-corrected chi connectivity index (χ1v) is 3.74. The van der Waals surface area contributed by atoms with Gasteiger partial charge in [-0.1, -0.05) is 13.8 Å². The maximum atomic E-state index is 11.0. The van der Waals surface area contributed by atoms with Crippen LogP contribution in [0.4, 0.5) is 0 Å². The lowest BCUT2D eigenvalue weighted by atomic mass is 9.81. The fourth-order valence-electron chi connectivity index (χ4n) is 1.39. The summed E-state index contributed by atoms with van der Waals surface area (Å²) < 4.78 is 0. The molecule has 0 saturated heterocycles. The molecule has 0 radical (unpaired) electrons. The molecular formula is C8H14O. The van der Waals surface area contributed by atoms with E-state index in [0.717, 1.165) is 12.8 Å². The van der Waals surface area contributed by atoms with Crippen molar-refractivity contribution in [3.05, 3.63) is 0 Å². The van der Waals surface area contributed by atoms with E-state index in [4.69, 9.17) is 0 Å². The Kier molecular flexibility index (Phi) is 1.89. The van der Waals surface area contributed by atoms with Crippen molar-refractivity contribution >= 4 is 5.78 Å². The molecule has 1 aliphatic rings. The van der Waals surface area contributed by atoms with Crippen LogP contribution in [0.5, 0.6) is 0 Å². The van der Waals surface area contributed by atoms with Gasteiger partial charge in [0, 0.05) is 12.3 Å². The van der Waals surface area contributed by atoms with E-state index in [-0.39, 0.29) is 0 Å². The summed E-state index contributed by atoms with van der Waals surface area (Å²) in [6.45, 7) is 4.22. The van der Waals surface area contributed by atoms with Crippen LogP contribution in [0.15, 0.2) is 0 Å². The summed E-state index contributed by atoms with van der Waals surface area (Å²) in [6, 6.07) is 0. The standard InChI is InChI=1S/C8H14O/c1-6-4-3-5-8(9)7(6)2/h6-7H,3-5H2,1-2H3/t6?,7-/m1/s1. The Labute approximate surface area is 56.4 Å². The molecule has 1 nitrogen and oxygen atoms in total. The Bertz CT molecular complexity index is 118. The Morgan fingerprint density at radius 3 is 2.56 bits per heavy atom. The highest BCUT2D eigenvalue weighted by atomic mass is 16.1. The summed E-state index contributed by atoms with van der Waals surface area (Å²) in [5.74, 6) is 1.43. The van der Waals surface area contributed by atoms with E-state index in [2.05, 4.69) is 6.92 Å². The first-order chi connectivity index (χ1) is 4.22. The van der Waals surface area contributed by atoms with Gasteiger partial charge in [0.1, 0.15) is 5.78 Å². The summed E-state index contributed by atoms with van der Waals surface area (Å²) >= 11 is 0. The Morgan fingerprint density at radius 2 is 2.11 bits per heavy atom. The van der Waals surface area contributed by atoms with E-state index >= 15 is 0 Å². The minimum atomic E-state index is 0.332. The average Bonchev–Trinajstić information content (AvgIpc) is 1.83. The van der Waals surface area contributed by atoms with Crippen molar-refractivity contribution in [3.63, 3.8) is 0 Å². The molecular weight excluding hydrogens is 112 g/mol. The average molecular weight is 126 g/mol. The first-order valence-electron chi connectivity index (χ1n) is 3.74. The molecule has 0 heterocycles. The van der Waals surface area contributed by atoms with Gasteiger partial charge >= 0.3 is 0 Å². The van der Waals surface area contributed by atoms with Gasteiger partial charge in [0.05, 0.1) is 0 Å². The molecule has 0 aromatic heterocycles. The number of hydrogen-bond acceptors (Lipinski definition) is 1. The number of carbonyl (C=O) groups is 1. The fraction of sp³-hybridized carbons (Fsp3) is 0.875. The van der Waals surface area contributed by atoms with Gasteiger partial charge in [-0.15, -0.1) is 0 Å². The van der Waals surface area contributed by atoms with Gasteiger partial charge in [0.15, 0.2) is 0 Å².